The first-order chi connectivity index (χ1) is 14.9. The lowest BCUT2D eigenvalue weighted by Gasteiger charge is -2.25. The summed E-state index contributed by atoms with van der Waals surface area (Å²) in [6, 6.07) is 12.4. The number of hydrogen-bond donors (Lipinski definition) is 0. The molecule has 0 spiro atoms. The molecule has 7 nitrogen and oxygen atoms in total. The summed E-state index contributed by atoms with van der Waals surface area (Å²) in [5.74, 6) is 1.08. The molecule has 2 aromatic heterocycles. The molecule has 4 heterocycles. The molecule has 0 unspecified atom stereocenters. The first-order valence-corrected chi connectivity index (χ1v) is 11.6. The number of pyridine rings is 1. The molecule has 0 radical (unpaired) electrons. The minimum atomic E-state index is -0.422. The van der Waals surface area contributed by atoms with Crippen LogP contribution in [0.5, 0.6) is 0 Å². The number of nitrogens with zero attached hydrogens (tertiary/aromatic N) is 5. The molecule has 9 heteroatoms. The lowest BCUT2D eigenvalue weighted by atomic mass is 10.1. The van der Waals surface area contributed by atoms with Crippen LogP contribution in [-0.4, -0.2) is 37.2 Å². The van der Waals surface area contributed by atoms with Crippen molar-refractivity contribution < 1.29 is 4.79 Å². The van der Waals surface area contributed by atoms with Crippen molar-refractivity contribution in [3.8, 4) is 0 Å². The van der Waals surface area contributed by atoms with Crippen molar-refractivity contribution in [1.82, 2.24) is 14.3 Å². The standard InChI is InChI=1S/C22H18BrN5O2S/c1-12(2)19-21(30)28-20(26-19)15-5-3-4-6-16(15)25-22(28)31-11-14-9-18(29)27-10-13(23)7-8-17(27)24-14/h3-10,12,19H,11H2,1-2H3/t19-/m0/s1. The molecule has 1 atom stereocenters. The molecule has 3 aromatic rings. The SMILES string of the molecule is CC(C)[C@@H]1N=C2c3ccccc3N=C(SCc3cc(=O)n4cc(Br)ccc4n3)N2C1=O. The second-order valence-corrected chi connectivity index (χ2v) is 9.53. The third-order valence-electron chi connectivity index (χ3n) is 5.16. The van der Waals surface area contributed by atoms with Gasteiger partial charge in [-0.3, -0.25) is 19.0 Å². The Balaban J connectivity index is 1.49. The fraction of sp³-hybridized carbons (Fsp3) is 0.227. The van der Waals surface area contributed by atoms with Crippen LogP contribution in [0.1, 0.15) is 25.1 Å². The van der Waals surface area contributed by atoms with Gasteiger partial charge in [-0.05, 0) is 46.1 Å². The number of aromatic nitrogens is 2. The predicted octanol–water partition coefficient (Wildman–Crippen LogP) is 4.00. The lowest BCUT2D eigenvalue weighted by Crippen LogP contribution is -2.42. The highest BCUT2D eigenvalue weighted by Crippen LogP contribution is 2.35. The smallest absolute Gasteiger partial charge is 0.259 e. The maximum atomic E-state index is 13.1. The van der Waals surface area contributed by atoms with Gasteiger partial charge in [0.1, 0.15) is 17.5 Å². The van der Waals surface area contributed by atoms with Crippen molar-refractivity contribution in [2.24, 2.45) is 15.9 Å². The molecule has 31 heavy (non-hydrogen) atoms. The molecule has 0 bridgehead atoms. The number of rotatable bonds is 3. The van der Waals surface area contributed by atoms with Gasteiger partial charge in [0.15, 0.2) is 5.17 Å². The summed E-state index contributed by atoms with van der Waals surface area (Å²) in [6.45, 7) is 3.98. The molecule has 156 valence electrons. The molecule has 0 saturated carbocycles. The van der Waals surface area contributed by atoms with E-state index in [-0.39, 0.29) is 17.4 Å². The molecule has 2 aliphatic rings. The molecule has 2 aliphatic heterocycles. The molecular formula is C22H18BrN5O2S. The third kappa shape index (κ3) is 3.51. The van der Waals surface area contributed by atoms with Gasteiger partial charge in [-0.2, -0.15) is 0 Å². The van der Waals surface area contributed by atoms with Crippen molar-refractivity contribution in [3.63, 3.8) is 0 Å². The largest absolute Gasteiger partial charge is 0.271 e. The van der Waals surface area contributed by atoms with Crippen LogP contribution in [0.3, 0.4) is 0 Å². The topological polar surface area (TPSA) is 79.4 Å². The van der Waals surface area contributed by atoms with E-state index < -0.39 is 6.04 Å². The second kappa shape index (κ2) is 7.72. The molecule has 0 fully saturated rings. The van der Waals surface area contributed by atoms with Crippen molar-refractivity contribution in [3.05, 3.63) is 74.7 Å². The monoisotopic (exact) mass is 495 g/mol. The zero-order chi connectivity index (χ0) is 21.7. The number of carbonyl (C=O) groups excluding carboxylic acids is 1. The van der Waals surface area contributed by atoms with E-state index in [2.05, 4.69) is 20.9 Å². The number of amides is 1. The summed E-state index contributed by atoms with van der Waals surface area (Å²) in [5, 5.41) is 0.559. The normalized spacial score (nSPS) is 17.6. The van der Waals surface area contributed by atoms with Crippen molar-refractivity contribution >= 4 is 55.9 Å². The second-order valence-electron chi connectivity index (χ2n) is 7.68. The molecule has 1 amide bonds. The fourth-order valence-electron chi connectivity index (χ4n) is 3.64. The van der Waals surface area contributed by atoms with E-state index in [9.17, 15) is 9.59 Å². The maximum Gasteiger partial charge on any atom is 0.259 e. The van der Waals surface area contributed by atoms with E-state index in [1.54, 1.807) is 17.2 Å². The maximum absolute atomic E-state index is 13.1. The Hall–Kier alpha value is -2.78. The van der Waals surface area contributed by atoms with Crippen LogP contribution in [-0.2, 0) is 10.5 Å². The summed E-state index contributed by atoms with van der Waals surface area (Å²) in [7, 11) is 0. The minimum absolute atomic E-state index is 0.0675. The van der Waals surface area contributed by atoms with Gasteiger partial charge in [0, 0.05) is 28.1 Å². The molecule has 1 aromatic carbocycles. The number of hydrogen-bond acceptors (Lipinski definition) is 6. The van der Waals surface area contributed by atoms with Crippen LogP contribution >= 0.6 is 27.7 Å². The zero-order valence-electron chi connectivity index (χ0n) is 16.8. The highest BCUT2D eigenvalue weighted by molar-refractivity contribution is 9.10. The third-order valence-corrected chi connectivity index (χ3v) is 6.60. The first-order valence-electron chi connectivity index (χ1n) is 9.83. The number of para-hydroxylation sites is 1. The summed E-state index contributed by atoms with van der Waals surface area (Å²) < 4.78 is 2.30. The number of thioether (sulfide) groups is 1. The van der Waals surface area contributed by atoms with Crippen LogP contribution in [0.4, 0.5) is 5.69 Å². The van der Waals surface area contributed by atoms with Gasteiger partial charge in [0.25, 0.3) is 11.5 Å². The van der Waals surface area contributed by atoms with E-state index >= 15 is 0 Å². The van der Waals surface area contributed by atoms with Crippen LogP contribution in [0.2, 0.25) is 0 Å². The van der Waals surface area contributed by atoms with E-state index in [1.807, 2.05) is 44.2 Å². The fourth-order valence-corrected chi connectivity index (χ4v) is 4.87. The van der Waals surface area contributed by atoms with Crippen molar-refractivity contribution in [2.75, 3.05) is 0 Å². The van der Waals surface area contributed by atoms with Crippen LogP contribution in [0.25, 0.3) is 5.65 Å². The van der Waals surface area contributed by atoms with Crippen LogP contribution in [0, 0.1) is 5.92 Å². The number of carbonyl (C=O) groups is 1. The van der Waals surface area contributed by atoms with E-state index in [0.29, 0.717) is 28.1 Å². The Labute approximate surface area is 191 Å². The van der Waals surface area contributed by atoms with Gasteiger partial charge >= 0.3 is 0 Å². The summed E-state index contributed by atoms with van der Waals surface area (Å²) in [5.41, 5.74) is 2.69. The van der Waals surface area contributed by atoms with Gasteiger partial charge in [-0.15, -0.1) is 0 Å². The number of halogens is 1. The predicted molar refractivity (Wildman–Crippen MR) is 126 cm³/mol. The van der Waals surface area contributed by atoms with Gasteiger partial charge < -0.3 is 0 Å². The average Bonchev–Trinajstić information content (AvgIpc) is 3.11. The molecular weight excluding hydrogens is 478 g/mol. The zero-order valence-corrected chi connectivity index (χ0v) is 19.2. The summed E-state index contributed by atoms with van der Waals surface area (Å²) in [6.07, 6.45) is 1.70. The minimum Gasteiger partial charge on any atom is -0.271 e. The quantitative estimate of drug-likeness (QED) is 0.549. The van der Waals surface area contributed by atoms with Gasteiger partial charge in [0.05, 0.1) is 11.4 Å². The first kappa shape index (κ1) is 20.1. The summed E-state index contributed by atoms with van der Waals surface area (Å²) >= 11 is 4.75. The van der Waals surface area contributed by atoms with Gasteiger partial charge in [-0.25, -0.2) is 14.9 Å². The lowest BCUT2D eigenvalue weighted by molar-refractivity contribution is -0.125. The molecule has 0 aliphatic carbocycles. The number of benzene rings is 1. The highest BCUT2D eigenvalue weighted by atomic mass is 79.9. The number of aliphatic imine (C=N–C) groups is 2. The van der Waals surface area contributed by atoms with E-state index in [4.69, 9.17) is 9.98 Å². The highest BCUT2D eigenvalue weighted by Gasteiger charge is 2.42. The van der Waals surface area contributed by atoms with Gasteiger partial charge in [-0.1, -0.05) is 37.7 Å². The Morgan fingerprint density at radius 2 is 1.97 bits per heavy atom. The summed E-state index contributed by atoms with van der Waals surface area (Å²) in [4.78, 5) is 41.3. The van der Waals surface area contributed by atoms with Crippen molar-refractivity contribution in [1.29, 1.82) is 0 Å². The van der Waals surface area contributed by atoms with E-state index in [0.717, 1.165) is 15.7 Å². The Kier molecular flexibility index (Phi) is 5.02. The number of amidine groups is 2. The molecule has 0 saturated heterocycles. The Morgan fingerprint density at radius 1 is 1.16 bits per heavy atom. The number of fused-ring (bicyclic) bond motifs is 4. The van der Waals surface area contributed by atoms with Crippen LogP contribution in [0.15, 0.2) is 67.9 Å². The molecule has 5 rings (SSSR count). The van der Waals surface area contributed by atoms with E-state index in [1.165, 1.54) is 22.2 Å². The molecule has 0 N–H and O–H groups in total. The van der Waals surface area contributed by atoms with Crippen molar-refractivity contribution in [2.45, 2.75) is 25.6 Å². The van der Waals surface area contributed by atoms with Gasteiger partial charge in [0.2, 0.25) is 0 Å². The Bertz CT molecular complexity index is 1350. The average molecular weight is 496 g/mol. The van der Waals surface area contributed by atoms with Crippen LogP contribution < -0.4 is 5.56 Å². The Morgan fingerprint density at radius 3 is 2.77 bits per heavy atom.